The molecule has 0 spiro atoms. The lowest BCUT2D eigenvalue weighted by atomic mass is 10.0. The molecule has 2 atom stereocenters. The molecule has 5 heteroatoms. The van der Waals surface area contributed by atoms with Gasteiger partial charge in [-0.05, 0) is 30.9 Å². The van der Waals surface area contributed by atoms with Crippen LogP contribution in [0.15, 0.2) is 24.3 Å². The summed E-state index contributed by atoms with van der Waals surface area (Å²) in [6.07, 6.45) is 2.47. The third-order valence-corrected chi connectivity index (χ3v) is 4.63. The summed E-state index contributed by atoms with van der Waals surface area (Å²) in [5.74, 6) is 0.143. The molecule has 5 nitrogen and oxygen atoms in total. The summed E-state index contributed by atoms with van der Waals surface area (Å²) in [5.41, 5.74) is 2.39. The summed E-state index contributed by atoms with van der Waals surface area (Å²) < 4.78 is 11.4. The van der Waals surface area contributed by atoms with E-state index in [-0.39, 0.29) is 18.1 Å². The van der Waals surface area contributed by atoms with E-state index in [1.807, 2.05) is 17.0 Å². The third-order valence-electron chi connectivity index (χ3n) is 4.63. The van der Waals surface area contributed by atoms with Gasteiger partial charge in [-0.15, -0.1) is 0 Å². The van der Waals surface area contributed by atoms with E-state index in [1.54, 1.807) is 0 Å². The Balaban J connectivity index is 1.49. The Kier molecular flexibility index (Phi) is 5.65. The molecule has 23 heavy (non-hydrogen) atoms. The van der Waals surface area contributed by atoms with Crippen molar-refractivity contribution < 1.29 is 14.3 Å². The maximum atomic E-state index is 12.4. The predicted octanol–water partition coefficient (Wildman–Crippen LogP) is 1.66. The van der Waals surface area contributed by atoms with Crippen molar-refractivity contribution in [2.45, 2.75) is 32.0 Å². The minimum atomic E-state index is -0.0212. The van der Waals surface area contributed by atoms with Crippen LogP contribution in [-0.2, 0) is 14.3 Å². The van der Waals surface area contributed by atoms with E-state index in [4.69, 9.17) is 9.47 Å². The number of carbonyl (C=O) groups excluding carboxylic acids is 1. The zero-order valence-electron chi connectivity index (χ0n) is 13.8. The van der Waals surface area contributed by atoms with Crippen LogP contribution in [0.2, 0.25) is 0 Å². The van der Waals surface area contributed by atoms with Crippen molar-refractivity contribution in [2.75, 3.05) is 39.4 Å². The molecule has 2 heterocycles. The second kappa shape index (κ2) is 7.90. The van der Waals surface area contributed by atoms with Crippen LogP contribution in [0, 0.1) is 6.92 Å². The Labute approximate surface area is 137 Å². The summed E-state index contributed by atoms with van der Waals surface area (Å²) in [6.45, 7) is 5.97. The molecule has 0 saturated carbocycles. The van der Waals surface area contributed by atoms with E-state index >= 15 is 0 Å². The molecule has 0 aliphatic carbocycles. The van der Waals surface area contributed by atoms with Crippen LogP contribution in [-0.4, -0.2) is 56.3 Å². The van der Waals surface area contributed by atoms with Crippen molar-refractivity contribution in [1.82, 2.24) is 10.2 Å². The normalized spacial score (nSPS) is 24.8. The second-order valence-corrected chi connectivity index (χ2v) is 6.32. The lowest BCUT2D eigenvalue weighted by Crippen LogP contribution is -2.46. The molecular weight excluding hydrogens is 292 g/mol. The van der Waals surface area contributed by atoms with Gasteiger partial charge in [-0.3, -0.25) is 4.79 Å². The molecule has 2 aliphatic heterocycles. The van der Waals surface area contributed by atoms with E-state index in [1.165, 1.54) is 11.1 Å². The Morgan fingerprint density at radius 2 is 2.17 bits per heavy atom. The van der Waals surface area contributed by atoms with Gasteiger partial charge in [0, 0.05) is 19.7 Å². The predicted molar refractivity (Wildman–Crippen MR) is 88.3 cm³/mol. The fourth-order valence-electron chi connectivity index (χ4n) is 3.27. The molecular formula is C18H26N2O3. The molecule has 0 aromatic heterocycles. The number of aryl methyl sites for hydroxylation is 1. The quantitative estimate of drug-likeness (QED) is 0.897. The molecule has 0 bridgehead atoms. The van der Waals surface area contributed by atoms with E-state index in [9.17, 15) is 4.79 Å². The lowest BCUT2D eigenvalue weighted by molar-refractivity contribution is -0.138. The van der Waals surface area contributed by atoms with Crippen LogP contribution in [0.5, 0.6) is 0 Å². The van der Waals surface area contributed by atoms with Crippen LogP contribution in [0.1, 0.15) is 30.1 Å². The average Bonchev–Trinajstić information content (AvgIpc) is 3.09. The first-order chi connectivity index (χ1) is 11.2. The van der Waals surface area contributed by atoms with Crippen LogP contribution in [0.3, 0.4) is 0 Å². The number of benzene rings is 1. The number of nitrogens with zero attached hydrogens (tertiary/aromatic N) is 1. The Bertz CT molecular complexity index is 529. The molecule has 126 valence electrons. The van der Waals surface area contributed by atoms with Crippen LogP contribution in [0.4, 0.5) is 0 Å². The number of ether oxygens (including phenoxy) is 2. The first-order valence-electron chi connectivity index (χ1n) is 8.51. The molecule has 1 aromatic rings. The molecule has 1 aromatic carbocycles. The topological polar surface area (TPSA) is 50.8 Å². The molecule has 1 amide bonds. The van der Waals surface area contributed by atoms with Gasteiger partial charge in [0.1, 0.15) is 6.10 Å². The van der Waals surface area contributed by atoms with E-state index in [0.29, 0.717) is 26.2 Å². The molecule has 0 radical (unpaired) electrons. The van der Waals surface area contributed by atoms with Gasteiger partial charge in [-0.1, -0.05) is 24.3 Å². The number of rotatable bonds is 5. The maximum Gasteiger partial charge on any atom is 0.236 e. The molecule has 1 N–H and O–H groups in total. The second-order valence-electron chi connectivity index (χ2n) is 6.32. The van der Waals surface area contributed by atoms with Gasteiger partial charge < -0.3 is 19.7 Å². The summed E-state index contributed by atoms with van der Waals surface area (Å²) in [6, 6.07) is 8.22. The SMILES string of the molecule is Cc1ccccc1[C@H]1CN(C(=O)CNC[C@@H]2CCCO2)CCO1. The zero-order valence-corrected chi connectivity index (χ0v) is 13.8. The highest BCUT2D eigenvalue weighted by molar-refractivity contribution is 5.78. The maximum absolute atomic E-state index is 12.4. The van der Waals surface area contributed by atoms with Crippen molar-refractivity contribution in [2.24, 2.45) is 0 Å². The van der Waals surface area contributed by atoms with Gasteiger partial charge in [0.15, 0.2) is 0 Å². The Morgan fingerprint density at radius 1 is 1.30 bits per heavy atom. The molecule has 2 saturated heterocycles. The average molecular weight is 318 g/mol. The van der Waals surface area contributed by atoms with Gasteiger partial charge in [-0.25, -0.2) is 0 Å². The number of hydrogen-bond donors (Lipinski definition) is 1. The highest BCUT2D eigenvalue weighted by Gasteiger charge is 2.26. The van der Waals surface area contributed by atoms with E-state index in [2.05, 4.69) is 24.4 Å². The minimum absolute atomic E-state index is 0.0212. The third kappa shape index (κ3) is 4.31. The van der Waals surface area contributed by atoms with Crippen molar-refractivity contribution in [3.05, 3.63) is 35.4 Å². The van der Waals surface area contributed by atoms with Gasteiger partial charge in [0.25, 0.3) is 0 Å². The number of nitrogens with one attached hydrogen (secondary N) is 1. The summed E-state index contributed by atoms with van der Waals surface area (Å²) in [5, 5.41) is 3.23. The van der Waals surface area contributed by atoms with Crippen molar-refractivity contribution in [3.63, 3.8) is 0 Å². The molecule has 2 fully saturated rings. The molecule has 3 rings (SSSR count). The van der Waals surface area contributed by atoms with Crippen molar-refractivity contribution >= 4 is 5.91 Å². The first kappa shape index (κ1) is 16.4. The van der Waals surface area contributed by atoms with Crippen LogP contribution >= 0.6 is 0 Å². The number of morpholine rings is 1. The Hall–Kier alpha value is -1.43. The van der Waals surface area contributed by atoms with E-state index in [0.717, 1.165) is 26.0 Å². The largest absolute Gasteiger partial charge is 0.377 e. The standard InChI is InChI=1S/C18H26N2O3/c1-14-5-2-3-7-16(14)17-13-20(8-10-23-17)18(21)12-19-11-15-6-4-9-22-15/h2-3,5,7,15,17,19H,4,6,8-13H2,1H3/t15-,17+/m0/s1. The first-order valence-corrected chi connectivity index (χ1v) is 8.51. The van der Waals surface area contributed by atoms with Gasteiger partial charge in [0.05, 0.1) is 25.8 Å². The van der Waals surface area contributed by atoms with Gasteiger partial charge in [0.2, 0.25) is 5.91 Å². The number of amides is 1. The van der Waals surface area contributed by atoms with Crippen LogP contribution in [0.25, 0.3) is 0 Å². The minimum Gasteiger partial charge on any atom is -0.377 e. The van der Waals surface area contributed by atoms with Crippen LogP contribution < -0.4 is 5.32 Å². The summed E-state index contributed by atoms with van der Waals surface area (Å²) in [4.78, 5) is 14.3. The fraction of sp³-hybridized carbons (Fsp3) is 0.611. The highest BCUT2D eigenvalue weighted by Crippen LogP contribution is 2.24. The zero-order chi connectivity index (χ0) is 16.1. The van der Waals surface area contributed by atoms with Crippen molar-refractivity contribution in [3.8, 4) is 0 Å². The monoisotopic (exact) mass is 318 g/mol. The summed E-state index contributed by atoms with van der Waals surface area (Å²) in [7, 11) is 0. The van der Waals surface area contributed by atoms with Gasteiger partial charge in [-0.2, -0.15) is 0 Å². The summed E-state index contributed by atoms with van der Waals surface area (Å²) >= 11 is 0. The van der Waals surface area contributed by atoms with Crippen molar-refractivity contribution in [1.29, 1.82) is 0 Å². The molecule has 0 unspecified atom stereocenters. The fourth-order valence-corrected chi connectivity index (χ4v) is 3.27. The highest BCUT2D eigenvalue weighted by atomic mass is 16.5. The lowest BCUT2D eigenvalue weighted by Gasteiger charge is -2.34. The van der Waals surface area contributed by atoms with E-state index < -0.39 is 0 Å². The number of carbonyl (C=O) groups is 1. The van der Waals surface area contributed by atoms with Gasteiger partial charge >= 0.3 is 0 Å². The number of hydrogen-bond acceptors (Lipinski definition) is 4. The molecule has 2 aliphatic rings. The smallest absolute Gasteiger partial charge is 0.236 e. The Morgan fingerprint density at radius 3 is 2.96 bits per heavy atom.